The van der Waals surface area contributed by atoms with Gasteiger partial charge in [0, 0.05) is 14.5 Å². The molecule has 1 aliphatic rings. The van der Waals surface area contributed by atoms with Crippen LogP contribution in [0.25, 0.3) is 11.8 Å². The summed E-state index contributed by atoms with van der Waals surface area (Å²) in [6.45, 7) is 0.161. The Kier molecular flexibility index (Phi) is 8.23. The average molecular weight is 670 g/mol. The maximum atomic E-state index is 14.4. The second-order valence-electron chi connectivity index (χ2n) is 8.98. The molecule has 4 aromatic carbocycles. The lowest BCUT2D eigenvalue weighted by atomic mass is 9.84. The molecule has 1 heterocycles. The van der Waals surface area contributed by atoms with Crippen molar-refractivity contribution in [1.29, 1.82) is 0 Å². The van der Waals surface area contributed by atoms with Crippen LogP contribution in [0, 0.1) is 11.6 Å². The number of amidine groups is 1. The number of nitrogens with one attached hydrogen (secondary N) is 1. The van der Waals surface area contributed by atoms with Crippen molar-refractivity contribution in [3.05, 3.63) is 128 Å². The van der Waals surface area contributed by atoms with Crippen LogP contribution in [-0.2, 0) is 10.3 Å². The molecule has 4 aromatic rings. The standard InChI is InChI=1S/C31H24Br2F2N2O3/c1-38-28-15-19(10-12-25(28)34)14-27(23-8-3-4-9-24(23)33)36-30-37-31(18-40-30,20-6-5-7-22(32)16-20)21-11-13-26(35)29(17-21)39-2/h3-17H,18H2,1-2H3,(H,36,37). The molecule has 0 saturated heterocycles. The van der Waals surface area contributed by atoms with Gasteiger partial charge in [-0.15, -0.1) is 0 Å². The summed E-state index contributed by atoms with van der Waals surface area (Å²) in [5.41, 5.74) is 2.77. The number of hydrogen-bond donors (Lipinski definition) is 1. The minimum absolute atomic E-state index is 0.113. The Hall–Kier alpha value is -3.69. The topological polar surface area (TPSA) is 52.1 Å². The highest BCUT2D eigenvalue weighted by Crippen LogP contribution is 2.40. The molecule has 5 rings (SSSR count). The van der Waals surface area contributed by atoms with Gasteiger partial charge in [0.05, 0.1) is 19.9 Å². The van der Waals surface area contributed by atoms with Gasteiger partial charge in [-0.3, -0.25) is 0 Å². The van der Waals surface area contributed by atoms with Crippen molar-refractivity contribution in [3.63, 3.8) is 0 Å². The Morgan fingerprint density at radius 3 is 2.30 bits per heavy atom. The highest BCUT2D eigenvalue weighted by Gasteiger charge is 2.41. The van der Waals surface area contributed by atoms with E-state index in [1.165, 1.54) is 26.4 Å². The first-order chi connectivity index (χ1) is 19.3. The maximum Gasteiger partial charge on any atom is 0.290 e. The first kappa shape index (κ1) is 27.9. The van der Waals surface area contributed by atoms with Crippen LogP contribution in [0.5, 0.6) is 11.5 Å². The molecule has 1 unspecified atom stereocenters. The molecule has 204 valence electrons. The number of aliphatic imine (C=N–C) groups is 1. The van der Waals surface area contributed by atoms with Gasteiger partial charge in [0.15, 0.2) is 28.7 Å². The van der Waals surface area contributed by atoms with Gasteiger partial charge in [0.1, 0.15) is 6.61 Å². The van der Waals surface area contributed by atoms with Crippen LogP contribution < -0.4 is 14.8 Å². The lowest BCUT2D eigenvalue weighted by Crippen LogP contribution is -2.27. The van der Waals surface area contributed by atoms with E-state index in [2.05, 4.69) is 37.2 Å². The van der Waals surface area contributed by atoms with Gasteiger partial charge in [-0.1, -0.05) is 74.3 Å². The summed E-state index contributed by atoms with van der Waals surface area (Å²) in [5.74, 6) is -0.672. The summed E-state index contributed by atoms with van der Waals surface area (Å²) < 4.78 is 46.7. The zero-order valence-electron chi connectivity index (χ0n) is 21.6. The first-order valence-electron chi connectivity index (χ1n) is 12.2. The number of hydrogen-bond acceptors (Lipinski definition) is 5. The van der Waals surface area contributed by atoms with E-state index in [-0.39, 0.29) is 24.1 Å². The van der Waals surface area contributed by atoms with E-state index in [0.29, 0.717) is 16.8 Å². The van der Waals surface area contributed by atoms with Crippen molar-refractivity contribution in [2.45, 2.75) is 5.54 Å². The zero-order chi connectivity index (χ0) is 28.3. The maximum absolute atomic E-state index is 14.4. The molecule has 9 heteroatoms. The van der Waals surface area contributed by atoms with Crippen LogP contribution >= 0.6 is 31.9 Å². The molecular formula is C31H24Br2F2N2O3. The molecule has 0 aromatic heterocycles. The average Bonchev–Trinajstić information content (AvgIpc) is 3.39. The lowest BCUT2D eigenvalue weighted by Gasteiger charge is -2.26. The Morgan fingerprint density at radius 1 is 0.875 bits per heavy atom. The number of halogens is 4. The second-order valence-corrected chi connectivity index (χ2v) is 10.8. The molecular weight excluding hydrogens is 646 g/mol. The van der Waals surface area contributed by atoms with Gasteiger partial charge in [-0.2, -0.15) is 0 Å². The molecule has 40 heavy (non-hydrogen) atoms. The van der Waals surface area contributed by atoms with Gasteiger partial charge in [0.2, 0.25) is 0 Å². The minimum Gasteiger partial charge on any atom is -0.494 e. The van der Waals surface area contributed by atoms with E-state index >= 15 is 0 Å². The number of methoxy groups -OCH3 is 2. The third-order valence-corrected chi connectivity index (χ3v) is 7.72. The summed E-state index contributed by atoms with van der Waals surface area (Å²) in [4.78, 5) is 5.03. The third-order valence-electron chi connectivity index (χ3n) is 6.53. The SMILES string of the molecule is COc1cc(C=C(NC2=NC(c3cccc(Br)c3)(c3ccc(F)c(OC)c3)CO2)c2ccccc2Br)ccc1F. The number of nitrogens with zero attached hydrogens (tertiary/aromatic N) is 1. The van der Waals surface area contributed by atoms with Gasteiger partial charge >= 0.3 is 0 Å². The minimum atomic E-state index is -0.981. The Labute approximate surface area is 247 Å². The fourth-order valence-electron chi connectivity index (χ4n) is 4.51. The second kappa shape index (κ2) is 11.8. The predicted octanol–water partition coefficient (Wildman–Crippen LogP) is 7.92. The van der Waals surface area contributed by atoms with Gasteiger partial charge in [0.25, 0.3) is 6.02 Å². The molecule has 0 radical (unpaired) electrons. The number of ether oxygens (including phenoxy) is 3. The number of benzene rings is 4. The molecule has 0 aliphatic carbocycles. The molecule has 0 bridgehead atoms. The first-order valence-corrected chi connectivity index (χ1v) is 13.8. The largest absolute Gasteiger partial charge is 0.494 e. The normalized spacial score (nSPS) is 16.8. The summed E-state index contributed by atoms with van der Waals surface area (Å²) in [6.07, 6.45) is 1.86. The monoisotopic (exact) mass is 668 g/mol. The van der Waals surface area contributed by atoms with Crippen LogP contribution in [0.3, 0.4) is 0 Å². The third kappa shape index (κ3) is 5.62. The van der Waals surface area contributed by atoms with Crippen LogP contribution in [-0.4, -0.2) is 26.8 Å². The van der Waals surface area contributed by atoms with Crippen molar-refractivity contribution >= 4 is 49.7 Å². The van der Waals surface area contributed by atoms with Gasteiger partial charge < -0.3 is 19.5 Å². The molecule has 1 N–H and O–H groups in total. The van der Waals surface area contributed by atoms with Gasteiger partial charge in [-0.25, -0.2) is 13.8 Å². The van der Waals surface area contributed by atoms with E-state index < -0.39 is 17.2 Å². The van der Waals surface area contributed by atoms with E-state index in [4.69, 9.17) is 19.2 Å². The summed E-state index contributed by atoms with van der Waals surface area (Å²) in [5, 5.41) is 3.33. The summed E-state index contributed by atoms with van der Waals surface area (Å²) >= 11 is 7.18. The highest BCUT2D eigenvalue weighted by molar-refractivity contribution is 9.10. The molecule has 5 nitrogen and oxygen atoms in total. The van der Waals surface area contributed by atoms with Gasteiger partial charge in [-0.05, 0) is 65.2 Å². The van der Waals surface area contributed by atoms with E-state index in [9.17, 15) is 8.78 Å². The van der Waals surface area contributed by atoms with Crippen LogP contribution in [0.4, 0.5) is 8.78 Å². The fraction of sp³-hybridized carbons (Fsp3) is 0.129. The predicted molar refractivity (Wildman–Crippen MR) is 159 cm³/mol. The highest BCUT2D eigenvalue weighted by atomic mass is 79.9. The van der Waals surface area contributed by atoms with Crippen molar-refractivity contribution in [2.24, 2.45) is 4.99 Å². The Bertz CT molecular complexity index is 1630. The van der Waals surface area contributed by atoms with E-state index in [1.807, 2.05) is 54.6 Å². The summed E-state index contributed by atoms with van der Waals surface area (Å²) in [7, 11) is 2.85. The van der Waals surface area contributed by atoms with Crippen LogP contribution in [0.15, 0.2) is 98.9 Å². The quantitative estimate of drug-likeness (QED) is 0.203. The molecule has 0 saturated carbocycles. The van der Waals surface area contributed by atoms with E-state index in [1.54, 1.807) is 24.3 Å². The molecule has 0 fully saturated rings. The Morgan fingerprint density at radius 2 is 1.57 bits per heavy atom. The van der Waals surface area contributed by atoms with Crippen LogP contribution in [0.2, 0.25) is 0 Å². The van der Waals surface area contributed by atoms with Crippen molar-refractivity contribution < 1.29 is 23.0 Å². The molecule has 1 atom stereocenters. The smallest absolute Gasteiger partial charge is 0.290 e. The Balaban J connectivity index is 1.62. The molecule has 1 aliphatic heterocycles. The zero-order valence-corrected chi connectivity index (χ0v) is 24.7. The molecule has 0 spiro atoms. The molecule has 0 amide bonds. The summed E-state index contributed by atoms with van der Waals surface area (Å²) in [6, 6.07) is 25.0. The van der Waals surface area contributed by atoms with Crippen molar-refractivity contribution in [2.75, 3.05) is 20.8 Å². The fourth-order valence-corrected chi connectivity index (χ4v) is 5.41. The van der Waals surface area contributed by atoms with Crippen LogP contribution in [0.1, 0.15) is 22.3 Å². The lowest BCUT2D eigenvalue weighted by molar-refractivity contribution is 0.275. The van der Waals surface area contributed by atoms with Crippen molar-refractivity contribution in [1.82, 2.24) is 5.32 Å². The van der Waals surface area contributed by atoms with E-state index in [0.717, 1.165) is 20.1 Å². The number of rotatable bonds is 7. The van der Waals surface area contributed by atoms with Crippen molar-refractivity contribution in [3.8, 4) is 11.5 Å².